The van der Waals surface area contributed by atoms with E-state index in [0.29, 0.717) is 4.90 Å². The molecule has 4 nitrogen and oxygen atoms in total. The molecule has 1 aliphatic rings. The Morgan fingerprint density at radius 1 is 1.27 bits per heavy atom. The summed E-state index contributed by atoms with van der Waals surface area (Å²) in [5.74, 6) is 0. The fourth-order valence-corrected chi connectivity index (χ4v) is 4.01. The number of benzene rings is 1. The molecule has 0 bridgehead atoms. The van der Waals surface area contributed by atoms with Gasteiger partial charge in [0, 0.05) is 6.04 Å². The third-order valence-corrected chi connectivity index (χ3v) is 5.57. The summed E-state index contributed by atoms with van der Waals surface area (Å²) in [7, 11) is -3.51. The first-order valence-electron chi connectivity index (χ1n) is 7.79. The van der Waals surface area contributed by atoms with E-state index in [1.54, 1.807) is 18.2 Å². The predicted octanol–water partition coefficient (Wildman–Crippen LogP) is 3.18. The summed E-state index contributed by atoms with van der Waals surface area (Å²) >= 11 is 0. The Hall–Kier alpha value is -1.17. The third-order valence-electron chi connectivity index (χ3n) is 4.06. The Morgan fingerprint density at radius 2 is 1.91 bits per heavy atom. The maximum Gasteiger partial charge on any atom is 0.240 e. The smallest absolute Gasteiger partial charge is 0.240 e. The highest BCUT2D eigenvalue weighted by molar-refractivity contribution is 7.89. The maximum absolute atomic E-state index is 12.5. The summed E-state index contributed by atoms with van der Waals surface area (Å²) in [6, 6.07) is 6.72. The van der Waals surface area contributed by atoms with Gasteiger partial charge in [0.25, 0.3) is 0 Å². The first-order chi connectivity index (χ1) is 10.4. The highest BCUT2D eigenvalue weighted by atomic mass is 32.2. The van der Waals surface area contributed by atoms with Crippen LogP contribution in [0.5, 0.6) is 0 Å². The van der Waals surface area contributed by atoms with Gasteiger partial charge in [0.1, 0.15) is 0 Å². The summed E-state index contributed by atoms with van der Waals surface area (Å²) in [5, 5.41) is 0. The van der Waals surface area contributed by atoms with Crippen LogP contribution < -0.4 is 4.72 Å². The fourth-order valence-electron chi connectivity index (χ4n) is 2.71. The minimum Gasteiger partial charge on any atom is -0.370 e. The van der Waals surface area contributed by atoms with E-state index < -0.39 is 10.0 Å². The van der Waals surface area contributed by atoms with Gasteiger partial charge in [-0.1, -0.05) is 36.6 Å². The van der Waals surface area contributed by atoms with Crippen LogP contribution in [0.15, 0.2) is 41.8 Å². The maximum atomic E-state index is 12.5. The van der Waals surface area contributed by atoms with Gasteiger partial charge in [-0.3, -0.25) is 0 Å². The molecule has 122 valence electrons. The van der Waals surface area contributed by atoms with E-state index in [1.807, 2.05) is 26.0 Å². The van der Waals surface area contributed by atoms with Gasteiger partial charge < -0.3 is 4.74 Å². The van der Waals surface area contributed by atoms with E-state index in [-0.39, 0.29) is 18.2 Å². The van der Waals surface area contributed by atoms with Crippen molar-refractivity contribution in [3.63, 3.8) is 0 Å². The molecule has 3 atom stereocenters. The highest BCUT2D eigenvalue weighted by Crippen LogP contribution is 2.24. The molecule has 1 aliphatic carbocycles. The molecule has 0 radical (unpaired) electrons. The predicted molar refractivity (Wildman–Crippen MR) is 88.3 cm³/mol. The van der Waals surface area contributed by atoms with E-state index in [1.165, 1.54) is 0 Å². The zero-order valence-corrected chi connectivity index (χ0v) is 14.1. The first-order valence-corrected chi connectivity index (χ1v) is 9.27. The van der Waals surface area contributed by atoms with E-state index in [4.69, 9.17) is 4.74 Å². The summed E-state index contributed by atoms with van der Waals surface area (Å²) in [4.78, 5) is 0.305. The number of nitrogens with one attached hydrogen (secondary N) is 1. The number of hydrogen-bond acceptors (Lipinski definition) is 3. The van der Waals surface area contributed by atoms with Gasteiger partial charge in [0.05, 0.1) is 17.1 Å². The largest absolute Gasteiger partial charge is 0.370 e. The standard InChI is InChI=1S/C17H25NO3S/c1-4-14(3)21-17-8-6-5-7-16(17)18-22(19,20)15-11-9-13(2)10-12-15/h4,9-12,14,16-18H,1,5-8H2,2-3H3/t14-,16+,17+/m1/s1. The molecule has 22 heavy (non-hydrogen) atoms. The van der Waals surface area contributed by atoms with Crippen LogP contribution in [-0.4, -0.2) is 26.7 Å². The average Bonchev–Trinajstić information content (AvgIpc) is 2.49. The number of sulfonamides is 1. The minimum atomic E-state index is -3.51. The molecular weight excluding hydrogens is 298 g/mol. The molecule has 1 saturated carbocycles. The molecule has 2 rings (SSSR count). The quantitative estimate of drug-likeness (QED) is 0.818. The minimum absolute atomic E-state index is 0.0746. The Morgan fingerprint density at radius 3 is 2.55 bits per heavy atom. The highest BCUT2D eigenvalue weighted by Gasteiger charge is 2.30. The summed E-state index contributed by atoms with van der Waals surface area (Å²) in [6.07, 6.45) is 5.33. The molecule has 1 aromatic rings. The Kier molecular flexibility index (Phi) is 5.78. The first kappa shape index (κ1) is 17.2. The molecule has 0 aromatic heterocycles. The number of aryl methyl sites for hydroxylation is 1. The summed E-state index contributed by atoms with van der Waals surface area (Å²) < 4.78 is 33.8. The molecule has 0 amide bonds. The third kappa shape index (κ3) is 4.41. The summed E-state index contributed by atoms with van der Waals surface area (Å²) in [5.41, 5.74) is 1.04. The van der Waals surface area contributed by atoms with Crippen molar-refractivity contribution < 1.29 is 13.2 Å². The lowest BCUT2D eigenvalue weighted by Gasteiger charge is -2.33. The second-order valence-corrected chi connectivity index (χ2v) is 7.65. The van der Waals surface area contributed by atoms with Crippen LogP contribution in [0.4, 0.5) is 0 Å². The van der Waals surface area contributed by atoms with Gasteiger partial charge in [-0.15, -0.1) is 6.58 Å². The van der Waals surface area contributed by atoms with Crippen LogP contribution in [0.2, 0.25) is 0 Å². The van der Waals surface area contributed by atoms with Crippen LogP contribution >= 0.6 is 0 Å². The van der Waals surface area contributed by atoms with Crippen LogP contribution in [0.1, 0.15) is 38.2 Å². The normalized spacial score (nSPS) is 23.9. The second-order valence-electron chi connectivity index (χ2n) is 5.94. The number of ether oxygens (including phenoxy) is 1. The van der Waals surface area contributed by atoms with Gasteiger partial charge >= 0.3 is 0 Å². The molecule has 0 aliphatic heterocycles. The number of rotatable bonds is 6. The topological polar surface area (TPSA) is 55.4 Å². The molecule has 1 N–H and O–H groups in total. The van der Waals surface area contributed by atoms with Crippen molar-refractivity contribution in [2.45, 2.75) is 62.7 Å². The second kappa shape index (κ2) is 7.40. The van der Waals surface area contributed by atoms with E-state index in [2.05, 4.69) is 11.3 Å². The van der Waals surface area contributed by atoms with Crippen LogP contribution in [0.25, 0.3) is 0 Å². The van der Waals surface area contributed by atoms with Gasteiger partial charge in [-0.25, -0.2) is 13.1 Å². The van der Waals surface area contributed by atoms with Gasteiger partial charge in [0.2, 0.25) is 10.0 Å². The number of hydrogen-bond donors (Lipinski definition) is 1. The molecule has 0 unspecified atom stereocenters. The van der Waals surface area contributed by atoms with E-state index in [0.717, 1.165) is 31.2 Å². The van der Waals surface area contributed by atoms with Gasteiger partial charge in [-0.05, 0) is 38.8 Å². The summed E-state index contributed by atoms with van der Waals surface area (Å²) in [6.45, 7) is 7.58. The lowest BCUT2D eigenvalue weighted by atomic mass is 9.93. The van der Waals surface area contributed by atoms with Gasteiger partial charge in [-0.2, -0.15) is 0 Å². The molecule has 0 heterocycles. The Balaban J connectivity index is 2.11. The van der Waals surface area contributed by atoms with Crippen molar-refractivity contribution in [3.8, 4) is 0 Å². The van der Waals surface area contributed by atoms with Gasteiger partial charge in [0.15, 0.2) is 0 Å². The lowest BCUT2D eigenvalue weighted by molar-refractivity contribution is -0.0140. The van der Waals surface area contributed by atoms with Crippen molar-refractivity contribution >= 4 is 10.0 Å². The molecule has 1 fully saturated rings. The van der Waals surface area contributed by atoms with Crippen LogP contribution in [0, 0.1) is 6.92 Å². The van der Waals surface area contributed by atoms with E-state index in [9.17, 15) is 8.42 Å². The van der Waals surface area contributed by atoms with Crippen molar-refractivity contribution in [2.24, 2.45) is 0 Å². The van der Waals surface area contributed by atoms with Crippen molar-refractivity contribution in [1.29, 1.82) is 0 Å². The molecule has 1 aromatic carbocycles. The Bertz CT molecular complexity index is 595. The molecule has 5 heteroatoms. The average molecular weight is 323 g/mol. The van der Waals surface area contributed by atoms with Crippen molar-refractivity contribution in [2.75, 3.05) is 0 Å². The monoisotopic (exact) mass is 323 g/mol. The Labute approximate surface area is 133 Å². The van der Waals surface area contributed by atoms with E-state index >= 15 is 0 Å². The fraction of sp³-hybridized carbons (Fsp3) is 0.529. The molecule has 0 saturated heterocycles. The SMILES string of the molecule is C=C[C@@H](C)O[C@H]1CCCC[C@@H]1NS(=O)(=O)c1ccc(C)cc1. The molecule has 0 spiro atoms. The zero-order valence-electron chi connectivity index (χ0n) is 13.3. The molecular formula is C17H25NO3S. The van der Waals surface area contributed by atoms with Crippen molar-refractivity contribution in [3.05, 3.63) is 42.5 Å². The lowest BCUT2D eigenvalue weighted by Crippen LogP contribution is -2.47. The van der Waals surface area contributed by atoms with Crippen molar-refractivity contribution in [1.82, 2.24) is 4.72 Å². The van der Waals surface area contributed by atoms with Crippen LogP contribution in [-0.2, 0) is 14.8 Å². The zero-order chi connectivity index (χ0) is 16.2. The van der Waals surface area contributed by atoms with Crippen LogP contribution in [0.3, 0.4) is 0 Å².